The smallest absolute Gasteiger partial charge is 0.220 e. The third kappa shape index (κ3) is 5.20. The molecule has 0 aliphatic heterocycles. The van der Waals surface area contributed by atoms with Crippen molar-refractivity contribution in [2.75, 3.05) is 0 Å². The van der Waals surface area contributed by atoms with Gasteiger partial charge in [-0.1, -0.05) is 29.8 Å². The van der Waals surface area contributed by atoms with Crippen molar-refractivity contribution in [3.05, 3.63) is 82.9 Å². The minimum Gasteiger partial charge on any atom is -0.381 e. The topological polar surface area (TPSA) is 80.0 Å². The molecule has 9 heteroatoms. The van der Waals surface area contributed by atoms with E-state index >= 15 is 0 Å². The van der Waals surface area contributed by atoms with Gasteiger partial charge in [0.2, 0.25) is 5.91 Å². The van der Waals surface area contributed by atoms with Crippen molar-refractivity contribution < 1.29 is 18.7 Å². The Bertz CT molecular complexity index is 999. The average molecular weight is 435 g/mol. The molecule has 1 amide bonds. The number of carbonyl (C=O) groups excluding carboxylic acids is 1. The van der Waals surface area contributed by atoms with Gasteiger partial charge in [-0.05, 0) is 37.1 Å². The minimum absolute atomic E-state index is 0.148. The third-order valence-electron chi connectivity index (χ3n) is 4.91. The van der Waals surface area contributed by atoms with Gasteiger partial charge < -0.3 is 10.4 Å². The molecule has 2 N–H and O–H groups in total. The number of hydrogen-bond acceptors (Lipinski definition) is 4. The molecule has 1 aromatic heterocycles. The molecule has 0 spiro atoms. The van der Waals surface area contributed by atoms with Crippen molar-refractivity contribution in [1.29, 1.82) is 0 Å². The number of rotatable bonds is 8. The normalized spacial score (nSPS) is 14.2. The van der Waals surface area contributed by atoms with E-state index in [1.54, 1.807) is 19.1 Å². The van der Waals surface area contributed by atoms with Gasteiger partial charge in [0, 0.05) is 23.1 Å². The van der Waals surface area contributed by atoms with Crippen LogP contribution in [0.15, 0.2) is 55.1 Å². The summed E-state index contributed by atoms with van der Waals surface area (Å²) >= 11 is 5.86. The summed E-state index contributed by atoms with van der Waals surface area (Å²) in [5.74, 6) is -2.00. The fraction of sp³-hybridized carbons (Fsp3) is 0.286. The standard InChI is InChI=1S/C21H21ClF2N4O2/c1-14(27-20(29)9-4-15-2-5-16(22)6-3-15)21(30,11-28-13-25-12-26-28)18-8-7-17(23)10-19(18)24/h2-3,5-8,10,12-14,30H,4,9,11H2,1H3,(H,27,29)/t14-,21-/m1/s1. The van der Waals surface area contributed by atoms with Crippen LogP contribution in [-0.4, -0.2) is 31.8 Å². The van der Waals surface area contributed by atoms with Crippen LogP contribution in [0.4, 0.5) is 8.78 Å². The molecule has 0 saturated heterocycles. The van der Waals surface area contributed by atoms with Gasteiger partial charge in [0.15, 0.2) is 0 Å². The van der Waals surface area contributed by atoms with E-state index in [1.165, 1.54) is 17.3 Å². The molecule has 0 aliphatic rings. The van der Waals surface area contributed by atoms with Crippen LogP contribution in [-0.2, 0) is 23.4 Å². The molecule has 1 heterocycles. The van der Waals surface area contributed by atoms with Gasteiger partial charge in [-0.2, -0.15) is 5.10 Å². The van der Waals surface area contributed by atoms with E-state index in [4.69, 9.17) is 11.6 Å². The summed E-state index contributed by atoms with van der Waals surface area (Å²) in [5, 5.41) is 18.6. The second-order valence-corrected chi connectivity index (χ2v) is 7.49. The van der Waals surface area contributed by atoms with Gasteiger partial charge in [0.05, 0.1) is 12.6 Å². The van der Waals surface area contributed by atoms with Crippen LogP contribution in [0.1, 0.15) is 24.5 Å². The lowest BCUT2D eigenvalue weighted by Gasteiger charge is -2.35. The lowest BCUT2D eigenvalue weighted by Crippen LogP contribution is -2.51. The van der Waals surface area contributed by atoms with Gasteiger partial charge in [-0.3, -0.25) is 4.79 Å². The van der Waals surface area contributed by atoms with Crippen molar-refractivity contribution in [1.82, 2.24) is 20.1 Å². The van der Waals surface area contributed by atoms with Gasteiger partial charge >= 0.3 is 0 Å². The Morgan fingerprint density at radius 1 is 1.27 bits per heavy atom. The van der Waals surface area contributed by atoms with Crippen LogP contribution in [0.25, 0.3) is 0 Å². The van der Waals surface area contributed by atoms with Crippen molar-refractivity contribution in [2.24, 2.45) is 0 Å². The highest BCUT2D eigenvalue weighted by Crippen LogP contribution is 2.30. The highest BCUT2D eigenvalue weighted by atomic mass is 35.5. The minimum atomic E-state index is -1.89. The number of nitrogens with zero attached hydrogens (tertiary/aromatic N) is 3. The van der Waals surface area contributed by atoms with Gasteiger partial charge in [-0.15, -0.1) is 0 Å². The number of aryl methyl sites for hydroxylation is 1. The molecule has 2 atom stereocenters. The lowest BCUT2D eigenvalue weighted by molar-refractivity contribution is -0.124. The first kappa shape index (κ1) is 21.9. The largest absolute Gasteiger partial charge is 0.381 e. The predicted molar refractivity (Wildman–Crippen MR) is 108 cm³/mol. The monoisotopic (exact) mass is 434 g/mol. The second kappa shape index (κ2) is 9.32. The number of benzene rings is 2. The Kier molecular flexibility index (Phi) is 6.79. The Hall–Kier alpha value is -2.84. The molecule has 0 aliphatic carbocycles. The van der Waals surface area contributed by atoms with E-state index in [9.17, 15) is 18.7 Å². The molecule has 158 valence electrons. The maximum Gasteiger partial charge on any atom is 0.220 e. The van der Waals surface area contributed by atoms with Crippen molar-refractivity contribution >= 4 is 17.5 Å². The van der Waals surface area contributed by atoms with E-state index in [-0.39, 0.29) is 24.4 Å². The number of aliphatic hydroxyl groups is 1. The molecule has 0 radical (unpaired) electrons. The summed E-state index contributed by atoms with van der Waals surface area (Å²) in [7, 11) is 0. The highest BCUT2D eigenvalue weighted by molar-refractivity contribution is 6.30. The summed E-state index contributed by atoms with van der Waals surface area (Å²) in [6.45, 7) is 1.37. The zero-order valence-corrected chi connectivity index (χ0v) is 17.0. The number of amides is 1. The molecule has 0 fully saturated rings. The first-order valence-electron chi connectivity index (χ1n) is 9.32. The zero-order valence-electron chi connectivity index (χ0n) is 16.2. The molecule has 3 rings (SSSR count). The number of aromatic nitrogens is 3. The number of carbonyl (C=O) groups is 1. The summed E-state index contributed by atoms with van der Waals surface area (Å²) in [4.78, 5) is 16.3. The lowest BCUT2D eigenvalue weighted by atomic mass is 9.86. The molecule has 2 aromatic carbocycles. The van der Waals surface area contributed by atoms with E-state index in [1.807, 2.05) is 12.1 Å². The van der Waals surface area contributed by atoms with Gasteiger partial charge in [0.1, 0.15) is 29.9 Å². The van der Waals surface area contributed by atoms with E-state index in [0.29, 0.717) is 17.5 Å². The van der Waals surface area contributed by atoms with Crippen molar-refractivity contribution in [3.8, 4) is 0 Å². The zero-order chi connectivity index (χ0) is 21.7. The van der Waals surface area contributed by atoms with Crippen molar-refractivity contribution in [2.45, 2.75) is 38.0 Å². The molecule has 3 aromatic rings. The van der Waals surface area contributed by atoms with Crippen LogP contribution in [0.5, 0.6) is 0 Å². The molecular weight excluding hydrogens is 414 g/mol. The fourth-order valence-corrected chi connectivity index (χ4v) is 3.33. The molecule has 0 saturated carbocycles. The molecule has 0 bridgehead atoms. The molecular formula is C21H21ClF2N4O2. The van der Waals surface area contributed by atoms with E-state index in [2.05, 4.69) is 15.4 Å². The number of nitrogens with one attached hydrogen (secondary N) is 1. The molecule has 6 nitrogen and oxygen atoms in total. The quantitative estimate of drug-likeness (QED) is 0.570. The second-order valence-electron chi connectivity index (χ2n) is 7.06. The summed E-state index contributed by atoms with van der Waals surface area (Å²) < 4.78 is 29.2. The number of halogens is 3. The van der Waals surface area contributed by atoms with Crippen LogP contribution in [0.3, 0.4) is 0 Å². The van der Waals surface area contributed by atoms with Gasteiger partial charge in [0.25, 0.3) is 0 Å². The van der Waals surface area contributed by atoms with Crippen molar-refractivity contribution in [3.63, 3.8) is 0 Å². The Morgan fingerprint density at radius 2 is 2.00 bits per heavy atom. The summed E-state index contributed by atoms with van der Waals surface area (Å²) in [5.41, 5.74) is -1.10. The first-order valence-corrected chi connectivity index (χ1v) is 9.70. The van der Waals surface area contributed by atoms with E-state index < -0.39 is 23.3 Å². The Morgan fingerprint density at radius 3 is 2.63 bits per heavy atom. The number of hydrogen-bond donors (Lipinski definition) is 2. The van der Waals surface area contributed by atoms with E-state index in [0.717, 1.165) is 17.7 Å². The predicted octanol–water partition coefficient (Wildman–Crippen LogP) is 3.24. The van der Waals surface area contributed by atoms with Crippen LogP contribution < -0.4 is 5.32 Å². The summed E-state index contributed by atoms with van der Waals surface area (Å²) in [6, 6.07) is 9.15. The first-order chi connectivity index (χ1) is 14.3. The van der Waals surface area contributed by atoms with Crippen LogP contribution in [0.2, 0.25) is 5.02 Å². The average Bonchev–Trinajstić information content (AvgIpc) is 3.20. The Labute approximate surface area is 177 Å². The van der Waals surface area contributed by atoms with Crippen LogP contribution >= 0.6 is 11.6 Å². The third-order valence-corrected chi connectivity index (χ3v) is 5.17. The highest BCUT2D eigenvalue weighted by Gasteiger charge is 2.40. The maximum absolute atomic E-state index is 14.5. The Balaban J connectivity index is 1.76. The van der Waals surface area contributed by atoms with Gasteiger partial charge in [-0.25, -0.2) is 18.4 Å². The fourth-order valence-electron chi connectivity index (χ4n) is 3.20. The van der Waals surface area contributed by atoms with Crippen LogP contribution in [0, 0.1) is 11.6 Å². The molecule has 30 heavy (non-hydrogen) atoms. The SMILES string of the molecule is C[C@@H](NC(=O)CCc1ccc(Cl)cc1)[C@](O)(Cn1cncn1)c1ccc(F)cc1F. The summed E-state index contributed by atoms with van der Waals surface area (Å²) in [6.07, 6.45) is 3.28. The molecule has 0 unspecified atom stereocenters. The maximum atomic E-state index is 14.5.